The van der Waals surface area contributed by atoms with Gasteiger partial charge in [-0.15, -0.1) is 0 Å². The number of aryl methyl sites for hydroxylation is 3. The van der Waals surface area contributed by atoms with Crippen molar-refractivity contribution < 1.29 is 14.4 Å². The van der Waals surface area contributed by atoms with Crippen molar-refractivity contribution in [2.75, 3.05) is 18.4 Å². The fourth-order valence-electron chi connectivity index (χ4n) is 3.15. The van der Waals surface area contributed by atoms with E-state index in [1.54, 1.807) is 31.2 Å². The molecule has 0 bridgehead atoms. The van der Waals surface area contributed by atoms with Crippen LogP contribution in [-0.4, -0.2) is 30.9 Å². The van der Waals surface area contributed by atoms with Gasteiger partial charge in [0.05, 0.1) is 6.54 Å². The Morgan fingerprint density at radius 1 is 0.966 bits per heavy atom. The van der Waals surface area contributed by atoms with Crippen LogP contribution >= 0.6 is 0 Å². The molecule has 0 spiro atoms. The van der Waals surface area contributed by atoms with Gasteiger partial charge in [0, 0.05) is 12.2 Å². The highest BCUT2D eigenvalue weighted by atomic mass is 16.2. The number of benzene rings is 2. The molecule has 0 saturated heterocycles. The number of hydrogen-bond donors (Lipinski definition) is 4. The van der Waals surface area contributed by atoms with Gasteiger partial charge in [-0.25, -0.2) is 4.79 Å². The fourth-order valence-corrected chi connectivity index (χ4v) is 3.15. The third-order valence-corrected chi connectivity index (χ3v) is 4.38. The quantitative estimate of drug-likeness (QED) is 0.578. The van der Waals surface area contributed by atoms with E-state index in [1.165, 1.54) is 0 Å². The van der Waals surface area contributed by atoms with Crippen molar-refractivity contribution in [1.82, 2.24) is 16.0 Å². The Balaban J connectivity index is 2.08. The van der Waals surface area contributed by atoms with Gasteiger partial charge in [-0.2, -0.15) is 0 Å². The summed E-state index contributed by atoms with van der Waals surface area (Å²) < 4.78 is 0. The van der Waals surface area contributed by atoms with Crippen molar-refractivity contribution in [2.45, 2.75) is 33.7 Å². The van der Waals surface area contributed by atoms with E-state index in [2.05, 4.69) is 21.3 Å². The van der Waals surface area contributed by atoms with Crippen molar-refractivity contribution in [3.05, 3.63) is 64.7 Å². The lowest BCUT2D eigenvalue weighted by Crippen LogP contribution is -2.46. The molecule has 0 fully saturated rings. The van der Waals surface area contributed by atoms with Crippen LogP contribution in [0.5, 0.6) is 0 Å². The number of carbonyl (C=O) groups excluding carboxylic acids is 3. The molecule has 1 atom stereocenters. The Morgan fingerprint density at radius 2 is 1.59 bits per heavy atom. The van der Waals surface area contributed by atoms with Gasteiger partial charge in [-0.05, 0) is 44.4 Å². The average molecular weight is 396 g/mol. The maximum absolute atomic E-state index is 12.6. The molecule has 0 aliphatic carbocycles. The van der Waals surface area contributed by atoms with Gasteiger partial charge < -0.3 is 10.6 Å². The van der Waals surface area contributed by atoms with Gasteiger partial charge in [-0.3, -0.25) is 20.2 Å². The minimum absolute atomic E-state index is 0.0882. The Labute approximate surface area is 171 Å². The first-order valence-corrected chi connectivity index (χ1v) is 9.56. The summed E-state index contributed by atoms with van der Waals surface area (Å²) in [6.45, 7) is 7.96. The van der Waals surface area contributed by atoms with Gasteiger partial charge in [0.15, 0.2) is 0 Å². The monoisotopic (exact) mass is 396 g/mol. The number of amides is 4. The van der Waals surface area contributed by atoms with Gasteiger partial charge in [0.25, 0.3) is 0 Å². The zero-order chi connectivity index (χ0) is 21.4. The van der Waals surface area contributed by atoms with Crippen LogP contribution in [0.3, 0.4) is 0 Å². The maximum atomic E-state index is 12.6. The highest BCUT2D eigenvalue weighted by Crippen LogP contribution is 2.21. The lowest BCUT2D eigenvalue weighted by molar-refractivity contribution is -0.122. The molecule has 4 N–H and O–H groups in total. The van der Waals surface area contributed by atoms with Crippen molar-refractivity contribution in [1.29, 1.82) is 0 Å². The van der Waals surface area contributed by atoms with E-state index < -0.39 is 18.0 Å². The third kappa shape index (κ3) is 6.43. The van der Waals surface area contributed by atoms with Crippen LogP contribution in [0.2, 0.25) is 0 Å². The highest BCUT2D eigenvalue weighted by molar-refractivity contribution is 5.98. The number of nitrogens with one attached hydrogen (secondary N) is 4. The minimum Gasteiger partial charge on any atom is -0.338 e. The molecule has 7 nitrogen and oxygen atoms in total. The van der Waals surface area contributed by atoms with Crippen molar-refractivity contribution >= 4 is 23.5 Å². The van der Waals surface area contributed by atoms with E-state index in [-0.39, 0.29) is 12.5 Å². The normalized spacial score (nSPS) is 11.4. The number of rotatable bonds is 7. The second-order valence-corrected chi connectivity index (χ2v) is 6.90. The van der Waals surface area contributed by atoms with Gasteiger partial charge in [0.1, 0.15) is 6.04 Å². The van der Waals surface area contributed by atoms with E-state index >= 15 is 0 Å². The molecule has 2 aromatic rings. The summed E-state index contributed by atoms with van der Waals surface area (Å²) in [6.07, 6.45) is 0. The van der Waals surface area contributed by atoms with E-state index in [0.29, 0.717) is 12.1 Å². The van der Waals surface area contributed by atoms with E-state index in [9.17, 15) is 14.4 Å². The van der Waals surface area contributed by atoms with Crippen molar-refractivity contribution in [3.63, 3.8) is 0 Å². The minimum atomic E-state index is -0.843. The predicted molar refractivity (Wildman–Crippen MR) is 114 cm³/mol. The molecule has 4 amide bonds. The first-order valence-electron chi connectivity index (χ1n) is 9.56. The Bertz CT molecular complexity index is 858. The summed E-state index contributed by atoms with van der Waals surface area (Å²) in [5, 5.41) is 10.7. The number of urea groups is 1. The number of anilines is 1. The van der Waals surface area contributed by atoms with Crippen LogP contribution in [0.25, 0.3) is 0 Å². The van der Waals surface area contributed by atoms with Crippen LogP contribution in [0.1, 0.15) is 35.2 Å². The van der Waals surface area contributed by atoms with Crippen LogP contribution < -0.4 is 21.3 Å². The average Bonchev–Trinajstić information content (AvgIpc) is 2.65. The predicted octanol–water partition coefficient (Wildman–Crippen LogP) is 2.73. The molecule has 154 valence electrons. The van der Waals surface area contributed by atoms with Crippen LogP contribution in [0.4, 0.5) is 10.5 Å². The second-order valence-electron chi connectivity index (χ2n) is 6.90. The van der Waals surface area contributed by atoms with E-state index in [0.717, 1.165) is 22.4 Å². The zero-order valence-corrected chi connectivity index (χ0v) is 17.3. The molecular weight excluding hydrogens is 368 g/mol. The van der Waals surface area contributed by atoms with Gasteiger partial charge >= 0.3 is 6.03 Å². The molecular formula is C22H28N4O3. The third-order valence-electron chi connectivity index (χ3n) is 4.38. The topological polar surface area (TPSA) is 99.3 Å². The largest absolute Gasteiger partial charge is 0.338 e. The number of hydrogen-bond acceptors (Lipinski definition) is 4. The van der Waals surface area contributed by atoms with E-state index in [1.807, 2.05) is 39.0 Å². The Kier molecular flexibility index (Phi) is 7.91. The van der Waals surface area contributed by atoms with Crippen LogP contribution in [0, 0.1) is 20.8 Å². The zero-order valence-electron chi connectivity index (χ0n) is 17.3. The first kappa shape index (κ1) is 22.1. The number of carbonyl (C=O) groups is 3. The molecule has 0 heterocycles. The SMILES string of the molecule is CCNC(=O)NC(=O)[C@H](NCC(=O)Nc1c(C)cc(C)cc1C)c1ccccc1. The first-order chi connectivity index (χ1) is 13.8. The number of imide groups is 1. The van der Waals surface area contributed by atoms with Crippen molar-refractivity contribution in [3.8, 4) is 0 Å². The van der Waals surface area contributed by atoms with E-state index in [4.69, 9.17) is 0 Å². The fraction of sp³-hybridized carbons (Fsp3) is 0.318. The smallest absolute Gasteiger partial charge is 0.321 e. The van der Waals surface area contributed by atoms with Gasteiger partial charge in [-0.1, -0.05) is 48.0 Å². The molecule has 0 aliphatic rings. The van der Waals surface area contributed by atoms with Crippen molar-refractivity contribution in [2.24, 2.45) is 0 Å². The van der Waals surface area contributed by atoms with Gasteiger partial charge in [0.2, 0.25) is 11.8 Å². The molecule has 0 aliphatic heterocycles. The lowest BCUT2D eigenvalue weighted by atomic mass is 10.0. The summed E-state index contributed by atoms with van der Waals surface area (Å²) in [5.41, 5.74) is 4.51. The summed E-state index contributed by atoms with van der Waals surface area (Å²) >= 11 is 0. The standard InChI is InChI=1S/C22H28N4O3/c1-5-23-22(29)26-21(28)20(17-9-7-6-8-10-17)24-13-18(27)25-19-15(3)11-14(2)12-16(19)4/h6-12,20,24H,5,13H2,1-4H3,(H,25,27)(H2,23,26,28,29)/t20-/m1/s1. The molecule has 7 heteroatoms. The summed E-state index contributed by atoms with van der Waals surface area (Å²) in [4.78, 5) is 36.8. The summed E-state index contributed by atoms with van der Waals surface area (Å²) in [6, 6.07) is 11.5. The van der Waals surface area contributed by atoms with Crippen LogP contribution in [0.15, 0.2) is 42.5 Å². The second kappa shape index (κ2) is 10.4. The summed E-state index contributed by atoms with van der Waals surface area (Å²) in [7, 11) is 0. The van der Waals surface area contributed by atoms with Crippen LogP contribution in [-0.2, 0) is 9.59 Å². The molecule has 0 radical (unpaired) electrons. The Hall–Kier alpha value is -3.19. The molecule has 0 saturated carbocycles. The maximum Gasteiger partial charge on any atom is 0.321 e. The molecule has 29 heavy (non-hydrogen) atoms. The molecule has 2 aromatic carbocycles. The lowest BCUT2D eigenvalue weighted by Gasteiger charge is -2.19. The molecule has 2 rings (SSSR count). The highest BCUT2D eigenvalue weighted by Gasteiger charge is 2.23. The summed E-state index contributed by atoms with van der Waals surface area (Å²) in [5.74, 6) is -0.801. The molecule has 0 unspecified atom stereocenters. The molecule has 0 aromatic heterocycles. The Morgan fingerprint density at radius 3 is 2.17 bits per heavy atom.